The van der Waals surface area contributed by atoms with Crippen LogP contribution < -0.4 is 32.7 Å². The van der Waals surface area contributed by atoms with Gasteiger partial charge in [-0.15, -0.1) is 0 Å². The smallest absolute Gasteiger partial charge is 0.319 e. The van der Waals surface area contributed by atoms with Gasteiger partial charge in [0.05, 0.1) is 71.7 Å². The summed E-state index contributed by atoms with van der Waals surface area (Å²) in [6, 6.07) is 2.18. The highest BCUT2D eigenvalue weighted by atomic mass is 16.6. The van der Waals surface area contributed by atoms with E-state index in [9.17, 15) is 19.9 Å². The van der Waals surface area contributed by atoms with Gasteiger partial charge in [-0.05, 0) is 451 Å². The van der Waals surface area contributed by atoms with Crippen LogP contribution >= 0.6 is 0 Å². The quantitative estimate of drug-likeness (QED) is 0.0565. The first kappa shape index (κ1) is 96.1. The van der Waals surface area contributed by atoms with E-state index in [1.165, 1.54) is 186 Å². The number of carbonyl (C=O) groups excluding carboxylic acids is 2. The summed E-state index contributed by atoms with van der Waals surface area (Å²) in [4.78, 5) is 23.6. The molecule has 133 heavy (non-hydrogen) atoms. The van der Waals surface area contributed by atoms with Crippen molar-refractivity contribution in [2.75, 3.05) is 39.3 Å². The van der Waals surface area contributed by atoms with E-state index in [1.54, 1.807) is 22.3 Å². The fourth-order valence-electron chi connectivity index (χ4n) is 39.8. The summed E-state index contributed by atoms with van der Waals surface area (Å²) in [5.74, 6) is 17.4. The number of carbonyl (C=O) groups is 2. The predicted molar refractivity (Wildman–Crippen MR) is 528 cm³/mol. The zero-order valence-corrected chi connectivity index (χ0v) is 86.0. The van der Waals surface area contributed by atoms with Crippen LogP contribution in [0, 0.1) is 164 Å². The third kappa shape index (κ3) is 16.5. The number of aliphatic hydroxyl groups is 1. The molecule has 0 aromatic heterocycles. The Morgan fingerprint density at radius 2 is 0.654 bits per heavy atom. The van der Waals surface area contributed by atoms with Gasteiger partial charge in [0.25, 0.3) is 0 Å². The third-order valence-corrected chi connectivity index (χ3v) is 47.3. The van der Waals surface area contributed by atoms with Crippen molar-refractivity contribution in [1.29, 1.82) is 0 Å². The number of nitrogens with one attached hydrogen (secondary N) is 4. The van der Waals surface area contributed by atoms with Gasteiger partial charge >= 0.3 is 11.9 Å². The first-order valence-corrected chi connectivity index (χ1v) is 56.7. The molecule has 0 aromatic carbocycles. The average molecular weight is 1840 g/mol. The van der Waals surface area contributed by atoms with E-state index >= 15 is 0 Å². The minimum Gasteiger partial charge on any atom is -0.461 e. The molecule has 744 valence electrons. The zero-order chi connectivity index (χ0) is 92.9. The largest absolute Gasteiger partial charge is 0.461 e. The monoisotopic (exact) mass is 1840 g/mol. The highest BCUT2D eigenvalue weighted by molar-refractivity contribution is 5.85. The van der Waals surface area contributed by atoms with Crippen LogP contribution in [0.2, 0.25) is 0 Å². The Morgan fingerprint density at radius 3 is 0.955 bits per heavy atom. The van der Waals surface area contributed by atoms with Gasteiger partial charge in [-0.1, -0.05) is 133 Å². The number of nitrogens with two attached hydrogens (primary N) is 2. The molecule has 43 atom stereocenters. The number of piperidine rings is 4. The Labute approximate surface area is 803 Å². The first-order valence-electron chi connectivity index (χ1n) is 56.7. The molecule has 4 spiro atoms. The van der Waals surface area contributed by atoms with Crippen LogP contribution in [0.4, 0.5) is 0 Å². The van der Waals surface area contributed by atoms with Crippen molar-refractivity contribution in [2.24, 2.45) is 180 Å². The van der Waals surface area contributed by atoms with Gasteiger partial charge in [-0.2, -0.15) is 0 Å². The van der Waals surface area contributed by atoms with Gasteiger partial charge in [-0.3, -0.25) is 9.59 Å². The summed E-state index contributed by atoms with van der Waals surface area (Å²) in [5, 5.41) is 38.7. The van der Waals surface area contributed by atoms with Crippen molar-refractivity contribution in [3.05, 3.63) is 44.6 Å². The summed E-state index contributed by atoms with van der Waals surface area (Å²) in [6.45, 7) is 44.1. The van der Waals surface area contributed by atoms with Gasteiger partial charge in [0.1, 0.15) is 12.2 Å². The van der Waals surface area contributed by atoms with Gasteiger partial charge < -0.3 is 71.5 Å². The molecule has 16 aliphatic carbocycles. The number of nitrogens with zero attached hydrogens (tertiary/aromatic N) is 1. The fraction of sp³-hybridized carbons (Fsp3) is 0.905. The molecule has 17 nitrogen and oxygen atoms in total. The molecule has 8 heterocycles. The van der Waals surface area contributed by atoms with Crippen molar-refractivity contribution >= 4 is 17.7 Å². The zero-order valence-electron chi connectivity index (χ0n) is 86.0. The van der Waals surface area contributed by atoms with Gasteiger partial charge in [0.2, 0.25) is 0 Å². The van der Waals surface area contributed by atoms with Crippen LogP contribution in [0.25, 0.3) is 0 Å². The molecule has 24 aliphatic rings. The lowest BCUT2D eigenvalue weighted by Gasteiger charge is -2.54. The molecule has 17 heteroatoms. The van der Waals surface area contributed by atoms with Gasteiger partial charge in [-0.25, -0.2) is 0 Å². The van der Waals surface area contributed by atoms with Crippen LogP contribution in [0.5, 0.6) is 0 Å². The molecule has 0 bridgehead atoms. The number of ether oxygens (including phenoxy) is 6. The second kappa shape index (κ2) is 36.7. The maximum Gasteiger partial charge on any atom is 0.319 e. The summed E-state index contributed by atoms with van der Waals surface area (Å²) in [6.07, 6.45) is 50.5. The van der Waals surface area contributed by atoms with E-state index in [0.717, 1.165) is 191 Å². The summed E-state index contributed by atoms with van der Waals surface area (Å²) < 4.78 is 39.5. The molecular formula is C116H185N7O10. The Kier molecular flexibility index (Phi) is 26.5. The predicted octanol–water partition coefficient (Wildman–Crippen LogP) is 21.4. The molecule has 0 amide bonds. The third-order valence-electron chi connectivity index (χ3n) is 47.3. The number of hydrogen-bond acceptors (Lipinski definition) is 17. The molecule has 0 unspecified atom stereocenters. The van der Waals surface area contributed by atoms with Crippen molar-refractivity contribution < 1.29 is 48.3 Å². The Morgan fingerprint density at radius 1 is 0.368 bits per heavy atom. The maximum atomic E-state index is 11.8. The minimum absolute atomic E-state index is 0.00134. The second-order valence-electron chi connectivity index (χ2n) is 53.6. The lowest BCUT2D eigenvalue weighted by Crippen LogP contribution is -2.49. The highest BCUT2D eigenvalue weighted by Crippen LogP contribution is 2.72. The van der Waals surface area contributed by atoms with Crippen LogP contribution in [0.3, 0.4) is 0 Å². The standard InChI is InChI=1S/2C30H48N2O3.C28H44N2O2.C28H45NO2/c2*1-17-11-26-28(32-16-17)19(3)30(35-26)10-8-22-23-6-5-20-12-21(34-27(33)15-31)7-9-29(20,4)25(23)13-24(22)18(2)14-30;1-16-11-25-26(29-15-16)18(3)28(32-25)10-8-21-22-6-5-19-12-20(30-31)7-9-27(19,4)24(22)13-23(21)17(2)14-28;1-16-11-25-26(29-15-16)18(3)28(31-25)10-8-21-22-6-5-19-12-20(30)7-9-27(19,4)24(22)13-23(21)17(2)14-28/h2*17,19-23,25-26,28,32H,5-16,31H2,1-4H3;16,18-19,21-22,24-26,29,31H,5-15H2,1-4H3;16,18-22,24-26,29-30H,5-15H2,1-4H3/b;;30-20+;/t17-,19+,20+,21+,22-,23-,25-,26+,28-,29-,30-;17-,19+,20+,21-,22-,23-,25-,26+,28-,29-,30-;16-,18+,19+,21-,22-,24-,25+,26-,27-,28-;16-,18+,19+,20+,21-,22-,24-,25+,26-,27-,28-/m0000/s1. The molecule has 0 radical (unpaired) electrons. The maximum absolute atomic E-state index is 11.8. The fourth-order valence-corrected chi connectivity index (χ4v) is 39.8. The van der Waals surface area contributed by atoms with Crippen molar-refractivity contribution in [1.82, 2.24) is 21.3 Å². The Hall–Kier alpha value is -3.07. The normalized spacial score (nSPS) is 53.2. The molecule has 0 aromatic rings. The summed E-state index contributed by atoms with van der Waals surface area (Å²) in [7, 11) is 0. The van der Waals surface area contributed by atoms with Gasteiger partial charge in [0, 0.05) is 47.8 Å². The van der Waals surface area contributed by atoms with E-state index < -0.39 is 0 Å². The van der Waals surface area contributed by atoms with Crippen molar-refractivity contribution in [2.45, 2.75) is 457 Å². The number of oxime groups is 1. The van der Waals surface area contributed by atoms with E-state index in [4.69, 9.17) is 39.9 Å². The topological polar surface area (TPSA) is 242 Å². The summed E-state index contributed by atoms with van der Waals surface area (Å²) >= 11 is 0. The number of esters is 2. The van der Waals surface area contributed by atoms with Crippen molar-refractivity contribution in [3.63, 3.8) is 0 Å². The van der Waals surface area contributed by atoms with E-state index in [2.05, 4.69) is 137 Å². The highest BCUT2D eigenvalue weighted by Gasteiger charge is 2.67. The molecular weight excluding hydrogens is 1650 g/mol. The number of aliphatic hydroxyl groups excluding tert-OH is 1. The Balaban J connectivity index is 0.000000107. The number of fused-ring (bicyclic) bond motifs is 24. The number of allylic oxidation sites excluding steroid dienone is 4. The first-order chi connectivity index (χ1) is 63.6. The lowest BCUT2D eigenvalue weighted by atomic mass is 9.52. The molecule has 20 fully saturated rings. The number of rotatable bonds is 4. The van der Waals surface area contributed by atoms with Crippen molar-refractivity contribution in [3.8, 4) is 0 Å². The van der Waals surface area contributed by atoms with Crippen LogP contribution in [-0.4, -0.2) is 157 Å². The van der Waals surface area contributed by atoms with E-state index in [0.29, 0.717) is 124 Å². The van der Waals surface area contributed by atoms with Crippen LogP contribution in [-0.2, 0) is 38.0 Å². The van der Waals surface area contributed by atoms with Gasteiger partial charge in [0.15, 0.2) is 0 Å². The SMILES string of the molecule is CC1=C2C[C@H]3[C@@H](CC[C@@H]4C/C(=N/O)CC[C@@]43C)[C@@H]2CC[C@@]2(C1)O[C@@H]1C[C@H](C)CN[C@H]1[C@H]2C.CC1=C2C[C@H]3[C@@H](CC[C@@H]4C[C@@H](OC(=O)CN)CC[C@@]43C)[C@@H]2CC[C@@]2(C1)O[C@@H]1C[C@H](C)CN[C@H]1[C@H]2C.CC1=C2C[C@H]3[C@@H](CC[C@@H]4C[C@H](O)CC[C@@]43C)[C@@H]2CC[C@@]2(C1)O[C@@H]1C[C@H](C)CN[C@H]1[C@H]2C.CC1=C2C[C@H]3[C@@H](CC[C@@H]4C[C@H](OC(=O)CN)CC[C@@]43C)[C@@H]2CC[C@@]2(C1)O[C@@H]1C[C@H](C)CN[C@H]1[C@H]2C. The average Bonchev–Trinajstić information content (AvgIpc) is 1.60. The molecule has 12 saturated carbocycles. The number of hydrogen-bond donors (Lipinski definition) is 8. The molecule has 8 aliphatic heterocycles. The summed E-state index contributed by atoms with van der Waals surface area (Å²) in [5.41, 5.74) is 27.9. The molecule has 24 rings (SSSR count). The lowest BCUT2D eigenvalue weighted by molar-refractivity contribution is -0.155. The van der Waals surface area contributed by atoms with Crippen LogP contribution in [0.15, 0.2) is 49.7 Å². The van der Waals surface area contributed by atoms with E-state index in [-0.39, 0.29) is 65.7 Å². The van der Waals surface area contributed by atoms with Crippen LogP contribution in [0.1, 0.15) is 368 Å². The van der Waals surface area contributed by atoms with E-state index in [1.807, 2.05) is 22.3 Å². The molecule has 10 N–H and O–H groups in total. The minimum atomic E-state index is -0.238. The Bertz CT molecular complexity index is 4320. The molecule has 8 saturated heterocycles. The second-order valence-corrected chi connectivity index (χ2v) is 53.6.